The Morgan fingerprint density at radius 3 is 1.26 bits per heavy atom. The van der Waals surface area contributed by atoms with Crippen molar-refractivity contribution in [1.82, 2.24) is 0 Å². The van der Waals surface area contributed by atoms with Gasteiger partial charge in [-0.05, 0) is 18.9 Å². The van der Waals surface area contributed by atoms with E-state index < -0.39 is 0 Å². The van der Waals surface area contributed by atoms with Gasteiger partial charge in [0.25, 0.3) is 0 Å². The molecule has 0 N–H and O–H groups in total. The summed E-state index contributed by atoms with van der Waals surface area (Å²) >= 11 is 0. The van der Waals surface area contributed by atoms with Crippen LogP contribution in [0.2, 0.25) is 0 Å². The van der Waals surface area contributed by atoms with Crippen molar-refractivity contribution in [2.45, 2.75) is 213 Å². The zero-order valence-electron chi connectivity index (χ0n) is 29.2. The number of carbonyl (C=O) groups is 1. The maximum atomic E-state index is 12.5. The van der Waals surface area contributed by atoms with Crippen LogP contribution in [0.25, 0.3) is 0 Å². The summed E-state index contributed by atoms with van der Waals surface area (Å²) in [5.41, 5.74) is 0.685. The maximum absolute atomic E-state index is 12.5. The summed E-state index contributed by atoms with van der Waals surface area (Å²) in [6.45, 7) is 6.11. The topological polar surface area (TPSA) is 30.2 Å². The molecule has 250 valence electrons. The highest BCUT2D eigenvalue weighted by molar-refractivity contribution is 5.88. The highest BCUT2D eigenvalue weighted by Gasteiger charge is 2.12. The molecule has 0 saturated carbocycles. The molecule has 0 saturated heterocycles. The number of unbranched alkanes of at least 4 members (excludes halogenated alkanes) is 28. The predicted molar refractivity (Wildman–Crippen MR) is 187 cm³/mol. The Labute approximate surface area is 269 Å². The average Bonchev–Trinajstić information content (AvgIpc) is 3.02. The van der Waals surface area contributed by atoms with Crippen LogP contribution in [0.3, 0.4) is 0 Å². The quantitative estimate of drug-likeness (QED) is 0.0456. The van der Waals surface area contributed by atoms with Crippen LogP contribution in [-0.4, -0.2) is 12.6 Å². The van der Waals surface area contributed by atoms with Gasteiger partial charge in [-0.15, -0.1) is 0 Å². The second kappa shape index (κ2) is 32.0. The van der Waals surface area contributed by atoms with E-state index in [0.29, 0.717) is 12.2 Å². The lowest BCUT2D eigenvalue weighted by Crippen LogP contribution is -2.34. The van der Waals surface area contributed by atoms with E-state index >= 15 is 0 Å². The Balaban J connectivity index is 1.91. The van der Waals surface area contributed by atoms with E-state index in [2.05, 4.69) is 24.6 Å². The molecule has 0 bridgehead atoms. The zero-order chi connectivity index (χ0) is 30.9. The second-order valence-corrected chi connectivity index (χ2v) is 13.4. The van der Waals surface area contributed by atoms with Crippen LogP contribution >= 0.6 is 0 Å². The Kier molecular flexibility index (Phi) is 29.5. The highest BCUT2D eigenvalue weighted by atomic mass is 16.5. The molecule has 1 aromatic heterocycles. The van der Waals surface area contributed by atoms with Gasteiger partial charge in [-0.1, -0.05) is 187 Å². The summed E-state index contributed by atoms with van der Waals surface area (Å²) in [5, 5.41) is 0. The van der Waals surface area contributed by atoms with Crippen molar-refractivity contribution in [2.24, 2.45) is 0 Å². The number of ether oxygens (including phenoxy) is 1. The number of esters is 1. The third-order valence-corrected chi connectivity index (χ3v) is 9.09. The molecule has 0 radical (unpaired) electrons. The molecule has 0 spiro atoms. The molecule has 43 heavy (non-hydrogen) atoms. The largest absolute Gasteiger partial charge is 0.462 e. The van der Waals surface area contributed by atoms with Crippen LogP contribution in [0, 0.1) is 0 Å². The van der Waals surface area contributed by atoms with Gasteiger partial charge < -0.3 is 4.74 Å². The number of hydrogen-bond donors (Lipinski definition) is 0. The maximum Gasteiger partial charge on any atom is 0.344 e. The molecule has 1 aromatic rings. The average molecular weight is 601 g/mol. The molecule has 3 nitrogen and oxygen atoms in total. The number of carbonyl (C=O) groups excluding carboxylic acids is 1. The smallest absolute Gasteiger partial charge is 0.344 e. The number of rotatable bonds is 33. The molecule has 0 fully saturated rings. The van der Waals surface area contributed by atoms with Crippen molar-refractivity contribution in [3.63, 3.8) is 0 Å². The lowest BCUT2D eigenvalue weighted by atomic mass is 10.0. The van der Waals surface area contributed by atoms with Crippen molar-refractivity contribution < 1.29 is 14.1 Å². The van der Waals surface area contributed by atoms with Crippen LogP contribution in [0.4, 0.5) is 0 Å². The third kappa shape index (κ3) is 26.7. The first-order valence-corrected chi connectivity index (χ1v) is 19.4. The lowest BCUT2D eigenvalue weighted by molar-refractivity contribution is -0.697. The molecule has 3 heteroatoms. The van der Waals surface area contributed by atoms with Crippen molar-refractivity contribution in [2.75, 3.05) is 6.61 Å². The first kappa shape index (κ1) is 39.6. The fourth-order valence-corrected chi connectivity index (χ4v) is 6.17. The normalized spacial score (nSPS) is 11.3. The fourth-order valence-electron chi connectivity index (χ4n) is 6.17. The predicted octanol–water partition coefficient (Wildman–Crippen LogP) is 12.9. The van der Waals surface area contributed by atoms with Gasteiger partial charge in [0.05, 0.1) is 6.61 Å². The molecule has 0 atom stereocenters. The van der Waals surface area contributed by atoms with Gasteiger partial charge in [0.2, 0.25) is 0 Å². The van der Waals surface area contributed by atoms with Gasteiger partial charge in [-0.3, -0.25) is 0 Å². The first-order valence-electron chi connectivity index (χ1n) is 19.4. The molecule has 1 heterocycles. The molecular weight excluding hydrogens is 526 g/mol. The first-order chi connectivity index (χ1) is 21.3. The number of hydrogen-bond acceptors (Lipinski definition) is 2. The van der Waals surface area contributed by atoms with Gasteiger partial charge in [-0.2, -0.15) is 0 Å². The minimum absolute atomic E-state index is 0.170. The molecule has 0 aliphatic carbocycles. The standard InChI is InChI=1S/C40H74NO2/c1-3-5-7-9-11-13-15-17-19-20-21-23-25-27-29-31-35-41-36-33-34-39(38-41)40(42)43-37-32-30-28-26-24-22-18-16-14-12-10-8-6-4-2/h33-34,36,38H,3-32,35,37H2,1-2H3/q+1. The van der Waals surface area contributed by atoms with Crippen molar-refractivity contribution in [3.8, 4) is 0 Å². The number of aryl methyl sites for hydroxylation is 1. The summed E-state index contributed by atoms with van der Waals surface area (Å²) in [6, 6.07) is 3.87. The minimum Gasteiger partial charge on any atom is -0.462 e. The lowest BCUT2D eigenvalue weighted by Gasteiger charge is -2.05. The van der Waals surface area contributed by atoms with Crippen molar-refractivity contribution in [3.05, 3.63) is 30.1 Å². The van der Waals surface area contributed by atoms with E-state index in [-0.39, 0.29) is 5.97 Å². The van der Waals surface area contributed by atoms with Crippen LogP contribution in [0.15, 0.2) is 24.5 Å². The molecule has 1 rings (SSSR count). The molecule has 0 aliphatic heterocycles. The van der Waals surface area contributed by atoms with Gasteiger partial charge >= 0.3 is 5.97 Å². The van der Waals surface area contributed by atoms with E-state index in [1.54, 1.807) is 0 Å². The van der Waals surface area contributed by atoms with E-state index in [1.165, 1.54) is 186 Å². The van der Waals surface area contributed by atoms with Crippen LogP contribution in [0.1, 0.15) is 217 Å². The summed E-state index contributed by atoms with van der Waals surface area (Å²) < 4.78 is 7.73. The van der Waals surface area contributed by atoms with Crippen LogP contribution in [0.5, 0.6) is 0 Å². The minimum atomic E-state index is -0.170. The summed E-state index contributed by atoms with van der Waals surface area (Å²) in [6.07, 6.45) is 45.1. The third-order valence-electron chi connectivity index (χ3n) is 9.09. The van der Waals surface area contributed by atoms with Crippen molar-refractivity contribution >= 4 is 5.97 Å². The molecule has 0 amide bonds. The van der Waals surface area contributed by atoms with E-state index in [4.69, 9.17) is 4.74 Å². The SMILES string of the molecule is CCCCCCCCCCCCCCCCCC[n+]1cccc(C(=O)OCCCCCCCCCCCCCCCC)c1. The van der Waals surface area contributed by atoms with E-state index in [9.17, 15) is 4.79 Å². The van der Waals surface area contributed by atoms with Gasteiger partial charge in [-0.25, -0.2) is 9.36 Å². The molecule has 0 aliphatic rings. The van der Waals surface area contributed by atoms with Gasteiger partial charge in [0.1, 0.15) is 12.1 Å². The number of nitrogens with zero attached hydrogens (tertiary/aromatic N) is 1. The molecular formula is C40H74NO2+. The number of aromatic nitrogens is 1. The Hall–Kier alpha value is -1.38. The summed E-state index contributed by atoms with van der Waals surface area (Å²) in [5.74, 6) is -0.170. The van der Waals surface area contributed by atoms with E-state index in [0.717, 1.165) is 13.0 Å². The van der Waals surface area contributed by atoms with Crippen LogP contribution < -0.4 is 4.57 Å². The zero-order valence-corrected chi connectivity index (χ0v) is 29.2. The fraction of sp³-hybridized carbons (Fsp3) is 0.850. The molecule has 0 unspecified atom stereocenters. The monoisotopic (exact) mass is 601 g/mol. The van der Waals surface area contributed by atoms with Crippen molar-refractivity contribution in [1.29, 1.82) is 0 Å². The number of pyridine rings is 1. The van der Waals surface area contributed by atoms with Gasteiger partial charge in [0.15, 0.2) is 12.4 Å². The Morgan fingerprint density at radius 1 is 0.512 bits per heavy atom. The van der Waals surface area contributed by atoms with Gasteiger partial charge in [0, 0.05) is 12.5 Å². The second-order valence-electron chi connectivity index (χ2n) is 13.4. The Bertz CT molecular complexity index is 718. The Morgan fingerprint density at radius 2 is 0.860 bits per heavy atom. The molecule has 0 aromatic carbocycles. The van der Waals surface area contributed by atoms with Crippen LogP contribution in [-0.2, 0) is 11.3 Å². The summed E-state index contributed by atoms with van der Waals surface area (Å²) in [7, 11) is 0. The van der Waals surface area contributed by atoms with E-state index in [1.807, 2.05) is 18.3 Å². The summed E-state index contributed by atoms with van der Waals surface area (Å²) in [4.78, 5) is 12.5. The highest BCUT2D eigenvalue weighted by Crippen LogP contribution is 2.15.